The molecule has 0 saturated heterocycles. The minimum absolute atomic E-state index is 0.552. The quantitative estimate of drug-likeness (QED) is 0.217. The van der Waals surface area contributed by atoms with Crippen LogP contribution in [0.5, 0.6) is 0 Å². The predicted octanol–water partition coefficient (Wildman–Crippen LogP) is 9.08. The highest BCUT2D eigenvalue weighted by atomic mass is 15.0. The molecule has 0 spiro atoms. The average Bonchev–Trinajstić information content (AvgIpc) is 3.33. The number of aromatic nitrogens is 4. The minimum Gasteiger partial charge on any atom is -0.308 e. The number of hydrogen-bond acceptors (Lipinski definition) is 4. The molecule has 2 heterocycles. The van der Waals surface area contributed by atoms with Gasteiger partial charge in [-0.15, -0.1) is 0 Å². The number of rotatable bonds is 4. The number of fused-ring (bicyclic) bond motifs is 3. The van der Waals surface area contributed by atoms with E-state index in [0.29, 0.717) is 23.0 Å². The zero-order chi connectivity index (χ0) is 29.7. The van der Waals surface area contributed by atoms with E-state index >= 15 is 0 Å². The Bertz CT molecular complexity index is 2130. The summed E-state index contributed by atoms with van der Waals surface area (Å²) >= 11 is 0. The zero-order valence-corrected chi connectivity index (χ0v) is 24.6. The molecule has 0 aliphatic rings. The maximum absolute atomic E-state index is 9.84. The van der Waals surface area contributed by atoms with Crippen LogP contribution in [0.2, 0.25) is 0 Å². The maximum atomic E-state index is 9.84. The maximum Gasteiger partial charge on any atom is 0.165 e. The Morgan fingerprint density at radius 3 is 1.60 bits per heavy atom. The van der Waals surface area contributed by atoms with Crippen LogP contribution in [0.15, 0.2) is 103 Å². The second-order valence-electron chi connectivity index (χ2n) is 11.1. The molecule has 5 heteroatoms. The third kappa shape index (κ3) is 4.73. The van der Waals surface area contributed by atoms with Crippen LogP contribution in [0.4, 0.5) is 0 Å². The summed E-state index contributed by atoms with van der Waals surface area (Å²) in [6.07, 6.45) is 0. The molecule has 0 radical (unpaired) electrons. The van der Waals surface area contributed by atoms with Crippen molar-refractivity contribution in [2.45, 2.75) is 27.7 Å². The smallest absolute Gasteiger partial charge is 0.165 e. The normalized spacial score (nSPS) is 11.2. The molecule has 2 aromatic heterocycles. The van der Waals surface area contributed by atoms with E-state index < -0.39 is 0 Å². The highest BCUT2D eigenvalue weighted by Crippen LogP contribution is 2.39. The molecular weight excluding hydrogens is 526 g/mol. The molecule has 0 unspecified atom stereocenters. The number of aryl methyl sites for hydroxylation is 4. The Morgan fingerprint density at radius 2 is 1.09 bits per heavy atom. The summed E-state index contributed by atoms with van der Waals surface area (Å²) in [7, 11) is 0. The van der Waals surface area contributed by atoms with Crippen molar-refractivity contribution >= 4 is 21.8 Å². The van der Waals surface area contributed by atoms with Gasteiger partial charge in [0.25, 0.3) is 0 Å². The van der Waals surface area contributed by atoms with Gasteiger partial charge in [0.1, 0.15) is 11.6 Å². The lowest BCUT2D eigenvalue weighted by atomic mass is 10.0. The SMILES string of the molecule is Cc1cccc(-c2ccc3c4ccc(-c5cccc(C)c5)cc4n(-c4ccc(C#N)cc4-c4nc(C)nc(C)n4)c3c2)c1. The van der Waals surface area contributed by atoms with Gasteiger partial charge in [0.15, 0.2) is 5.82 Å². The van der Waals surface area contributed by atoms with Crippen LogP contribution in [-0.4, -0.2) is 19.5 Å². The largest absolute Gasteiger partial charge is 0.308 e. The van der Waals surface area contributed by atoms with E-state index in [0.717, 1.165) is 44.2 Å². The number of nitriles is 1. The first kappa shape index (κ1) is 26.3. The summed E-state index contributed by atoms with van der Waals surface area (Å²) < 4.78 is 2.30. The molecule has 0 fully saturated rings. The predicted molar refractivity (Wildman–Crippen MR) is 174 cm³/mol. The van der Waals surface area contributed by atoms with Crippen LogP contribution in [-0.2, 0) is 0 Å². The Kier molecular flexibility index (Phi) is 6.33. The van der Waals surface area contributed by atoms with Gasteiger partial charge >= 0.3 is 0 Å². The van der Waals surface area contributed by atoms with Crippen molar-refractivity contribution in [3.05, 3.63) is 131 Å². The van der Waals surface area contributed by atoms with E-state index in [2.05, 4.69) is 114 Å². The second kappa shape index (κ2) is 10.3. The molecule has 0 amide bonds. The van der Waals surface area contributed by atoms with Gasteiger partial charge in [-0.1, -0.05) is 83.9 Å². The van der Waals surface area contributed by atoms with Crippen LogP contribution in [0.1, 0.15) is 28.3 Å². The van der Waals surface area contributed by atoms with Crippen molar-refractivity contribution in [2.75, 3.05) is 0 Å². The van der Waals surface area contributed by atoms with Gasteiger partial charge in [-0.2, -0.15) is 5.26 Å². The molecule has 5 nitrogen and oxygen atoms in total. The molecule has 7 aromatic rings. The van der Waals surface area contributed by atoms with Crippen molar-refractivity contribution in [2.24, 2.45) is 0 Å². The lowest BCUT2D eigenvalue weighted by molar-refractivity contribution is 0.926. The molecule has 5 aromatic carbocycles. The zero-order valence-electron chi connectivity index (χ0n) is 24.6. The minimum atomic E-state index is 0.552. The van der Waals surface area contributed by atoms with Crippen molar-refractivity contribution in [3.63, 3.8) is 0 Å². The third-order valence-electron chi connectivity index (χ3n) is 7.94. The molecule has 0 N–H and O–H groups in total. The first-order chi connectivity index (χ1) is 20.9. The van der Waals surface area contributed by atoms with Gasteiger partial charge < -0.3 is 4.57 Å². The molecule has 206 valence electrons. The van der Waals surface area contributed by atoms with Crippen LogP contribution in [0.25, 0.3) is 61.1 Å². The Hall–Kier alpha value is -5.60. The lowest BCUT2D eigenvalue weighted by Crippen LogP contribution is -2.04. The number of nitrogens with zero attached hydrogens (tertiary/aromatic N) is 5. The fourth-order valence-corrected chi connectivity index (χ4v) is 6.00. The van der Waals surface area contributed by atoms with Gasteiger partial charge in [0.05, 0.1) is 28.4 Å². The lowest BCUT2D eigenvalue weighted by Gasteiger charge is -2.15. The van der Waals surface area contributed by atoms with E-state index in [1.165, 1.54) is 22.3 Å². The first-order valence-electron chi connectivity index (χ1n) is 14.3. The highest BCUT2D eigenvalue weighted by molar-refractivity contribution is 6.11. The van der Waals surface area contributed by atoms with Gasteiger partial charge in [-0.3, -0.25) is 0 Å². The van der Waals surface area contributed by atoms with Crippen molar-refractivity contribution in [3.8, 4) is 45.4 Å². The van der Waals surface area contributed by atoms with Crippen LogP contribution >= 0.6 is 0 Å². The molecule has 0 saturated carbocycles. The summed E-state index contributed by atoms with van der Waals surface area (Å²) in [6, 6.07) is 38.6. The van der Waals surface area contributed by atoms with Gasteiger partial charge in [0.2, 0.25) is 0 Å². The molecule has 7 rings (SSSR count). The molecule has 43 heavy (non-hydrogen) atoms. The summed E-state index contributed by atoms with van der Waals surface area (Å²) in [4.78, 5) is 13.8. The van der Waals surface area contributed by atoms with E-state index in [-0.39, 0.29) is 0 Å². The second-order valence-corrected chi connectivity index (χ2v) is 11.1. The Balaban J connectivity index is 1.59. The molecule has 0 aliphatic heterocycles. The highest BCUT2D eigenvalue weighted by Gasteiger charge is 2.19. The van der Waals surface area contributed by atoms with Crippen molar-refractivity contribution in [1.29, 1.82) is 5.26 Å². The van der Waals surface area contributed by atoms with Gasteiger partial charge in [-0.05, 0) is 80.3 Å². The van der Waals surface area contributed by atoms with Crippen LogP contribution < -0.4 is 0 Å². The monoisotopic (exact) mass is 555 g/mol. The van der Waals surface area contributed by atoms with E-state index in [4.69, 9.17) is 9.97 Å². The number of hydrogen-bond donors (Lipinski definition) is 0. The van der Waals surface area contributed by atoms with Crippen LogP contribution in [0, 0.1) is 39.0 Å². The Labute approximate surface area is 250 Å². The average molecular weight is 556 g/mol. The Morgan fingerprint density at radius 1 is 0.558 bits per heavy atom. The van der Waals surface area contributed by atoms with E-state index in [1.54, 1.807) is 0 Å². The molecule has 0 bridgehead atoms. The van der Waals surface area contributed by atoms with E-state index in [1.807, 2.05) is 32.0 Å². The van der Waals surface area contributed by atoms with Crippen LogP contribution in [0.3, 0.4) is 0 Å². The number of benzene rings is 5. The third-order valence-corrected chi connectivity index (χ3v) is 7.94. The van der Waals surface area contributed by atoms with Gasteiger partial charge in [0, 0.05) is 16.3 Å². The summed E-state index contributed by atoms with van der Waals surface area (Å²) in [5, 5.41) is 12.1. The summed E-state index contributed by atoms with van der Waals surface area (Å²) in [5.41, 5.74) is 11.4. The molecule has 0 atom stereocenters. The first-order valence-corrected chi connectivity index (χ1v) is 14.3. The molecule has 0 aliphatic carbocycles. The van der Waals surface area contributed by atoms with Crippen molar-refractivity contribution < 1.29 is 0 Å². The summed E-state index contributed by atoms with van der Waals surface area (Å²) in [6.45, 7) is 7.98. The fraction of sp³-hybridized carbons (Fsp3) is 0.105. The molecular formula is C38H29N5. The topological polar surface area (TPSA) is 67.4 Å². The standard InChI is InChI=1S/C38H29N5/c1-23-7-5-9-28(17-23)30-12-14-32-33-15-13-31(29-10-6-8-24(2)18-29)21-37(33)43(36(32)20-30)35-16-11-27(22-39)19-34(35)38-41-25(3)40-26(4)42-38/h5-21H,1-4H3. The van der Waals surface area contributed by atoms with Gasteiger partial charge in [-0.25, -0.2) is 15.0 Å². The summed E-state index contributed by atoms with van der Waals surface area (Å²) in [5.74, 6) is 1.83. The van der Waals surface area contributed by atoms with Crippen molar-refractivity contribution in [1.82, 2.24) is 19.5 Å². The fourth-order valence-electron chi connectivity index (χ4n) is 6.00. The van der Waals surface area contributed by atoms with E-state index in [9.17, 15) is 5.26 Å².